The van der Waals surface area contributed by atoms with E-state index in [4.69, 9.17) is 13.7 Å². The number of oxazole rings is 1. The lowest BCUT2D eigenvalue weighted by Crippen LogP contribution is -2.41. The molecule has 0 aromatic carbocycles. The smallest absolute Gasteiger partial charge is 0.449 e. The first-order chi connectivity index (χ1) is 7.23. The summed E-state index contributed by atoms with van der Waals surface area (Å²) >= 11 is 0. The molecule has 0 saturated carbocycles. The number of nitrogens with zero attached hydrogens (tertiary/aromatic N) is 1. The fourth-order valence-corrected chi connectivity index (χ4v) is 1.72. The summed E-state index contributed by atoms with van der Waals surface area (Å²) in [6, 6.07) is 0. The number of aryl methyl sites for hydroxylation is 2. The fraction of sp³-hybridized carbons (Fsp3) is 0.727. The molecule has 0 bridgehead atoms. The van der Waals surface area contributed by atoms with Gasteiger partial charge in [0.2, 0.25) is 0 Å². The Bertz CT molecular complexity index is 395. The van der Waals surface area contributed by atoms with Crippen molar-refractivity contribution in [3.63, 3.8) is 0 Å². The zero-order valence-corrected chi connectivity index (χ0v) is 10.7. The average molecular weight is 223 g/mol. The summed E-state index contributed by atoms with van der Waals surface area (Å²) in [6.07, 6.45) is 0. The molecule has 1 saturated heterocycles. The lowest BCUT2D eigenvalue weighted by molar-refractivity contribution is 0.00578. The van der Waals surface area contributed by atoms with Crippen LogP contribution in [0.3, 0.4) is 0 Å². The average Bonchev–Trinajstić information content (AvgIpc) is 2.51. The van der Waals surface area contributed by atoms with Crippen LogP contribution in [-0.2, 0) is 9.31 Å². The Balaban J connectivity index is 2.30. The maximum absolute atomic E-state index is 5.89. The van der Waals surface area contributed by atoms with Gasteiger partial charge in [-0.3, -0.25) is 0 Å². The van der Waals surface area contributed by atoms with Crippen LogP contribution in [-0.4, -0.2) is 23.3 Å². The van der Waals surface area contributed by atoms with E-state index in [1.165, 1.54) is 0 Å². The van der Waals surface area contributed by atoms with E-state index in [1.807, 2.05) is 41.5 Å². The molecule has 2 rings (SSSR count). The molecule has 1 aliphatic heterocycles. The van der Waals surface area contributed by atoms with Gasteiger partial charge in [-0.25, -0.2) is 4.98 Å². The van der Waals surface area contributed by atoms with Gasteiger partial charge in [0.05, 0.1) is 16.9 Å². The lowest BCUT2D eigenvalue weighted by Gasteiger charge is -2.32. The third kappa shape index (κ3) is 1.68. The molecule has 1 aromatic heterocycles. The molecule has 1 fully saturated rings. The van der Waals surface area contributed by atoms with Gasteiger partial charge in [0.25, 0.3) is 0 Å². The largest absolute Gasteiger partial charge is 0.534 e. The molecule has 0 unspecified atom stereocenters. The van der Waals surface area contributed by atoms with Gasteiger partial charge in [-0.15, -0.1) is 0 Å². The zero-order chi connectivity index (χ0) is 12.1. The quantitative estimate of drug-likeness (QED) is 0.678. The van der Waals surface area contributed by atoms with Gasteiger partial charge < -0.3 is 13.7 Å². The molecule has 0 spiro atoms. The normalized spacial score (nSPS) is 22.8. The molecular formula is C11H18BNO3. The van der Waals surface area contributed by atoms with Crippen LogP contribution >= 0.6 is 0 Å². The third-order valence-electron chi connectivity index (χ3n) is 3.41. The summed E-state index contributed by atoms with van der Waals surface area (Å²) in [7, 11) is -0.453. The van der Waals surface area contributed by atoms with Crippen molar-refractivity contribution in [3.8, 4) is 0 Å². The molecular weight excluding hydrogens is 205 g/mol. The van der Waals surface area contributed by atoms with Crippen LogP contribution in [0.5, 0.6) is 0 Å². The van der Waals surface area contributed by atoms with Crippen LogP contribution in [0.2, 0.25) is 0 Å². The molecule has 16 heavy (non-hydrogen) atoms. The predicted molar refractivity (Wildman–Crippen MR) is 61.7 cm³/mol. The van der Waals surface area contributed by atoms with Crippen molar-refractivity contribution in [1.29, 1.82) is 0 Å². The van der Waals surface area contributed by atoms with E-state index < -0.39 is 7.12 Å². The fourth-order valence-electron chi connectivity index (χ4n) is 1.72. The minimum atomic E-state index is -0.453. The first-order valence-electron chi connectivity index (χ1n) is 5.52. The molecule has 0 atom stereocenters. The van der Waals surface area contributed by atoms with Crippen molar-refractivity contribution in [1.82, 2.24) is 4.98 Å². The van der Waals surface area contributed by atoms with Crippen LogP contribution < -0.4 is 5.66 Å². The maximum atomic E-state index is 5.89. The first-order valence-corrected chi connectivity index (χ1v) is 5.52. The summed E-state index contributed by atoms with van der Waals surface area (Å²) in [4.78, 5) is 4.22. The molecule has 4 nitrogen and oxygen atoms in total. The van der Waals surface area contributed by atoms with Gasteiger partial charge in [-0.2, -0.15) is 0 Å². The summed E-state index contributed by atoms with van der Waals surface area (Å²) in [5.41, 5.74) is 0.822. The Morgan fingerprint density at radius 1 is 1.00 bits per heavy atom. The van der Waals surface area contributed by atoms with Crippen LogP contribution in [0.15, 0.2) is 4.42 Å². The maximum Gasteiger partial charge on any atom is 0.534 e. The predicted octanol–water partition coefficient (Wildman–Crippen LogP) is 1.59. The molecule has 0 N–H and O–H groups in total. The second-order valence-corrected chi connectivity index (χ2v) is 5.27. The van der Waals surface area contributed by atoms with Crippen molar-refractivity contribution in [2.45, 2.75) is 52.7 Å². The first kappa shape index (κ1) is 11.7. The lowest BCUT2D eigenvalue weighted by atomic mass is 9.85. The Kier molecular flexibility index (Phi) is 2.44. The molecule has 0 aliphatic carbocycles. The summed E-state index contributed by atoms with van der Waals surface area (Å²) in [5.74, 6) is 0.641. The summed E-state index contributed by atoms with van der Waals surface area (Å²) in [5, 5.41) is 0. The van der Waals surface area contributed by atoms with E-state index in [0.717, 1.165) is 5.69 Å². The van der Waals surface area contributed by atoms with E-state index in [1.54, 1.807) is 0 Å². The molecule has 1 aromatic rings. The van der Waals surface area contributed by atoms with E-state index in [2.05, 4.69) is 4.98 Å². The van der Waals surface area contributed by atoms with Crippen molar-refractivity contribution in [2.75, 3.05) is 0 Å². The summed E-state index contributed by atoms with van der Waals surface area (Å²) in [6.45, 7) is 11.8. The summed E-state index contributed by atoms with van der Waals surface area (Å²) < 4.78 is 17.3. The minimum Gasteiger partial charge on any atom is -0.449 e. The Labute approximate surface area is 96.5 Å². The number of aromatic nitrogens is 1. The standard InChI is InChI=1S/C11H18BNO3/c1-7-9(14-8(2)13-7)12-15-10(3,4)11(5,6)16-12/h1-6H3. The number of hydrogen-bond donors (Lipinski definition) is 0. The highest BCUT2D eigenvalue weighted by Crippen LogP contribution is 2.36. The zero-order valence-electron chi connectivity index (χ0n) is 10.7. The monoisotopic (exact) mass is 223 g/mol. The van der Waals surface area contributed by atoms with Crippen LogP contribution in [0, 0.1) is 13.8 Å². The van der Waals surface area contributed by atoms with Gasteiger partial charge >= 0.3 is 7.12 Å². The number of hydrogen-bond acceptors (Lipinski definition) is 4. The molecule has 0 radical (unpaired) electrons. The van der Waals surface area contributed by atoms with Crippen molar-refractivity contribution >= 4 is 12.8 Å². The van der Waals surface area contributed by atoms with Gasteiger partial charge in [-0.05, 0) is 34.6 Å². The second kappa shape index (κ2) is 3.34. The Hall–Kier alpha value is -0.805. The molecule has 5 heteroatoms. The highest BCUT2D eigenvalue weighted by molar-refractivity contribution is 6.61. The topological polar surface area (TPSA) is 44.5 Å². The van der Waals surface area contributed by atoms with Crippen LogP contribution in [0.25, 0.3) is 0 Å². The van der Waals surface area contributed by atoms with E-state index in [9.17, 15) is 0 Å². The molecule has 0 amide bonds. The van der Waals surface area contributed by atoms with E-state index in [0.29, 0.717) is 11.6 Å². The molecule has 1 aliphatic rings. The molecule has 2 heterocycles. The van der Waals surface area contributed by atoms with Gasteiger partial charge in [0, 0.05) is 6.92 Å². The van der Waals surface area contributed by atoms with Crippen molar-refractivity contribution < 1.29 is 13.7 Å². The van der Waals surface area contributed by atoms with E-state index in [-0.39, 0.29) is 11.2 Å². The highest BCUT2D eigenvalue weighted by atomic mass is 16.7. The van der Waals surface area contributed by atoms with Crippen molar-refractivity contribution in [3.05, 3.63) is 11.6 Å². The minimum absolute atomic E-state index is 0.342. The van der Waals surface area contributed by atoms with Crippen molar-refractivity contribution in [2.24, 2.45) is 0 Å². The Morgan fingerprint density at radius 3 is 1.88 bits per heavy atom. The highest BCUT2D eigenvalue weighted by Gasteiger charge is 2.53. The van der Waals surface area contributed by atoms with Gasteiger partial charge in [0.1, 0.15) is 0 Å². The van der Waals surface area contributed by atoms with Gasteiger partial charge in [-0.1, -0.05) is 0 Å². The van der Waals surface area contributed by atoms with Crippen LogP contribution in [0.1, 0.15) is 39.3 Å². The van der Waals surface area contributed by atoms with Gasteiger partial charge in [0.15, 0.2) is 11.6 Å². The van der Waals surface area contributed by atoms with Crippen LogP contribution in [0.4, 0.5) is 0 Å². The second-order valence-electron chi connectivity index (χ2n) is 5.27. The third-order valence-corrected chi connectivity index (χ3v) is 3.41. The number of rotatable bonds is 1. The SMILES string of the molecule is Cc1nc(C)c(B2OC(C)(C)C(C)(C)O2)o1. The Morgan fingerprint density at radius 2 is 1.50 bits per heavy atom. The molecule has 88 valence electrons. The van der Waals surface area contributed by atoms with E-state index >= 15 is 0 Å².